The molecule has 2 aromatic rings. The second kappa shape index (κ2) is 16.1. The number of fused-ring (bicyclic) bond motifs is 5. The summed E-state index contributed by atoms with van der Waals surface area (Å²) >= 11 is 0. The quantitative estimate of drug-likeness (QED) is 0.117. The van der Waals surface area contributed by atoms with Crippen molar-refractivity contribution < 1.29 is 67.8 Å². The number of amides is 1. The van der Waals surface area contributed by atoms with Gasteiger partial charge in [0.2, 0.25) is 5.91 Å². The lowest BCUT2D eigenvalue weighted by Crippen LogP contribution is -2.82. The first kappa shape index (κ1) is 43.4. The average Bonchev–Trinajstić information content (AvgIpc) is 3.18. The molecule has 15 nitrogen and oxygen atoms in total. The lowest BCUT2D eigenvalue weighted by atomic mass is 9.44. The summed E-state index contributed by atoms with van der Waals surface area (Å²) < 4.78 is 30.1. The Morgan fingerprint density at radius 2 is 1.56 bits per heavy atom. The molecule has 4 N–H and O–H groups in total. The fourth-order valence-corrected chi connectivity index (χ4v) is 9.72. The summed E-state index contributed by atoms with van der Waals surface area (Å²) in [6.45, 7) is 9.59. The largest absolute Gasteiger partial charge is 0.456 e. The first-order valence-electron chi connectivity index (χ1n) is 19.5. The van der Waals surface area contributed by atoms with Crippen LogP contribution in [0, 0.1) is 16.7 Å². The highest BCUT2D eigenvalue weighted by atomic mass is 16.6. The Labute approximate surface area is 341 Å². The molecule has 2 bridgehead atoms. The van der Waals surface area contributed by atoms with Crippen LogP contribution in [0.25, 0.3) is 0 Å². The molecular formula is C44H51NO14. The number of hydrogen-bond acceptors (Lipinski definition) is 14. The van der Waals surface area contributed by atoms with E-state index in [1.165, 1.54) is 38.1 Å². The Bertz CT molecular complexity index is 2060. The van der Waals surface area contributed by atoms with E-state index in [0.29, 0.717) is 5.56 Å². The molecule has 316 valence electrons. The maximum Gasteiger partial charge on any atom is 0.338 e. The van der Waals surface area contributed by atoms with Crippen LogP contribution in [0.4, 0.5) is 0 Å². The number of aliphatic hydroxyl groups is 3. The van der Waals surface area contributed by atoms with Crippen LogP contribution in [0.3, 0.4) is 0 Å². The number of rotatable bonds is 10. The molecule has 6 rings (SSSR count). The number of esters is 4. The number of hydrogen-bond donors (Lipinski definition) is 4. The molecular weight excluding hydrogens is 766 g/mol. The number of ether oxygens (including phenoxy) is 5. The second-order valence-corrected chi connectivity index (χ2v) is 16.5. The number of carbonyl (C=O) groups excluding carboxylic acids is 6. The molecule has 59 heavy (non-hydrogen) atoms. The first-order valence-corrected chi connectivity index (χ1v) is 19.5. The molecule has 1 unspecified atom stereocenters. The number of ketones is 1. The molecule has 0 aromatic heterocycles. The minimum absolute atomic E-state index is 0.000823. The van der Waals surface area contributed by atoms with Gasteiger partial charge in [-0.3, -0.25) is 19.2 Å². The van der Waals surface area contributed by atoms with Crippen molar-refractivity contribution in [2.24, 2.45) is 16.7 Å². The van der Waals surface area contributed by atoms with Crippen molar-refractivity contribution in [1.82, 2.24) is 5.32 Å². The Morgan fingerprint density at radius 3 is 2.12 bits per heavy atom. The molecule has 1 amide bonds. The minimum atomic E-state index is -2.38. The maximum atomic E-state index is 15.4. The molecule has 11 atom stereocenters. The van der Waals surface area contributed by atoms with Crippen LogP contribution in [-0.2, 0) is 47.7 Å². The second-order valence-electron chi connectivity index (χ2n) is 16.5. The van der Waals surface area contributed by atoms with Crippen LogP contribution in [-0.4, -0.2) is 105 Å². The van der Waals surface area contributed by atoms with Crippen LogP contribution >= 0.6 is 0 Å². The molecule has 4 aliphatic rings. The van der Waals surface area contributed by atoms with Crippen molar-refractivity contribution in [2.45, 2.75) is 115 Å². The summed E-state index contributed by atoms with van der Waals surface area (Å²) in [6.07, 6.45) is -7.73. The standard InChI is InChI=1S/C44H51NO14/c1-8-15-31(49)45-33(26-16-11-9-12-17-26)34(50)40(53)57-28-21-44(54)38(58-39(52)27-18-13-10-14-19-27)36-42(7,29(48)20-30-43(36,22-55-30)59-25(4)47)37(51)35(56-24(3)46)32(23(28)2)41(44,5)6/h8-19,28-30,33-36,38,48,50,54H,20-22H2,1-7H3,(H,45,49)/b15-8+/t28-,29-,30+,33-,34+,35+,36?,38-,42+,43-,44+/m0/s1. The molecule has 3 aliphatic carbocycles. The predicted molar refractivity (Wildman–Crippen MR) is 207 cm³/mol. The van der Waals surface area contributed by atoms with Crippen LogP contribution in [0.5, 0.6) is 0 Å². The number of nitrogens with one attached hydrogen (secondary N) is 1. The number of Topliss-reactive ketones (excluding diaryl/α,β-unsaturated/α-hetero) is 1. The van der Waals surface area contributed by atoms with Crippen LogP contribution < -0.4 is 5.32 Å². The Hall–Kier alpha value is -5.22. The zero-order chi connectivity index (χ0) is 43.2. The van der Waals surface area contributed by atoms with E-state index in [4.69, 9.17) is 23.7 Å². The fraction of sp³-hybridized carbons (Fsp3) is 0.500. The van der Waals surface area contributed by atoms with E-state index in [9.17, 15) is 39.3 Å². The van der Waals surface area contributed by atoms with E-state index < -0.39 is 113 Å². The highest BCUT2D eigenvalue weighted by Gasteiger charge is 2.78. The van der Waals surface area contributed by atoms with Crippen molar-refractivity contribution in [3.63, 3.8) is 0 Å². The fourth-order valence-electron chi connectivity index (χ4n) is 9.72. The van der Waals surface area contributed by atoms with Gasteiger partial charge in [-0.05, 0) is 55.7 Å². The van der Waals surface area contributed by atoms with Gasteiger partial charge in [-0.15, -0.1) is 0 Å². The maximum absolute atomic E-state index is 15.4. The summed E-state index contributed by atoms with van der Waals surface area (Å²) in [4.78, 5) is 82.3. The summed E-state index contributed by atoms with van der Waals surface area (Å²) in [5.74, 6) is -6.83. The number of carbonyl (C=O) groups is 6. The van der Waals surface area contributed by atoms with Crippen molar-refractivity contribution in [3.05, 3.63) is 95.1 Å². The van der Waals surface area contributed by atoms with Gasteiger partial charge in [-0.2, -0.15) is 0 Å². The van der Waals surface area contributed by atoms with Crippen molar-refractivity contribution >= 4 is 35.6 Å². The molecule has 2 saturated carbocycles. The van der Waals surface area contributed by atoms with Crippen molar-refractivity contribution in [2.75, 3.05) is 6.61 Å². The molecule has 1 saturated heterocycles. The van der Waals surface area contributed by atoms with E-state index in [0.717, 1.165) is 13.8 Å². The number of aliphatic hydroxyl groups excluding tert-OH is 2. The molecule has 3 fully saturated rings. The summed E-state index contributed by atoms with van der Waals surface area (Å²) in [5, 5.41) is 39.8. The van der Waals surface area contributed by atoms with E-state index in [2.05, 4.69) is 5.32 Å². The van der Waals surface area contributed by atoms with Gasteiger partial charge >= 0.3 is 23.9 Å². The highest BCUT2D eigenvalue weighted by molar-refractivity contribution is 5.95. The number of benzene rings is 2. The van der Waals surface area contributed by atoms with Crippen molar-refractivity contribution in [1.29, 1.82) is 0 Å². The van der Waals surface area contributed by atoms with Gasteiger partial charge in [0.15, 0.2) is 23.6 Å². The van der Waals surface area contributed by atoms with Crippen LogP contribution in [0.2, 0.25) is 0 Å². The van der Waals surface area contributed by atoms with E-state index in [1.54, 1.807) is 69.3 Å². The van der Waals surface area contributed by atoms with Crippen LogP contribution in [0.15, 0.2) is 84.0 Å². The van der Waals surface area contributed by atoms with Crippen LogP contribution in [0.1, 0.15) is 83.3 Å². The Kier molecular flexibility index (Phi) is 11.8. The smallest absolute Gasteiger partial charge is 0.338 e. The van der Waals surface area contributed by atoms with E-state index in [1.807, 2.05) is 0 Å². The summed E-state index contributed by atoms with van der Waals surface area (Å²) in [5.41, 5.74) is -7.22. The van der Waals surface area contributed by atoms with Gasteiger partial charge in [-0.1, -0.05) is 68.5 Å². The zero-order valence-corrected chi connectivity index (χ0v) is 34.0. The molecule has 1 aliphatic heterocycles. The highest BCUT2D eigenvalue weighted by Crippen LogP contribution is 2.64. The topological polar surface area (TPSA) is 221 Å². The number of allylic oxidation sites excluding steroid dienone is 1. The molecule has 15 heteroatoms. The third-order valence-electron chi connectivity index (χ3n) is 12.8. The lowest BCUT2D eigenvalue weighted by Gasteiger charge is -2.67. The SMILES string of the molecule is C/C=C/C(=O)N[C@@H](c1ccccc1)[C@@H](O)C(=O)O[C@H]1C[C@@]2(O)[C@@H](OC(=O)c3ccccc3)C3[C@](C)(C(=O)[C@H](OC(C)=O)C(=C1C)C2(C)C)[C@@H](O)C[C@H]1OC[C@@]31OC(C)=O. The first-order chi connectivity index (χ1) is 27.7. The van der Waals surface area contributed by atoms with E-state index >= 15 is 4.79 Å². The summed E-state index contributed by atoms with van der Waals surface area (Å²) in [7, 11) is 0. The van der Waals surface area contributed by atoms with E-state index in [-0.39, 0.29) is 29.7 Å². The summed E-state index contributed by atoms with van der Waals surface area (Å²) in [6, 6.07) is 14.8. The van der Waals surface area contributed by atoms with Gasteiger partial charge in [0.25, 0.3) is 0 Å². The van der Waals surface area contributed by atoms with Gasteiger partial charge in [0, 0.05) is 32.1 Å². The average molecular weight is 818 g/mol. The van der Waals surface area contributed by atoms with Gasteiger partial charge < -0.3 is 44.3 Å². The Balaban J connectivity index is 1.56. The lowest BCUT2D eigenvalue weighted by molar-refractivity contribution is -0.346. The van der Waals surface area contributed by atoms with Gasteiger partial charge in [0.05, 0.1) is 35.6 Å². The molecule has 0 radical (unpaired) electrons. The van der Waals surface area contributed by atoms with Gasteiger partial charge in [-0.25, -0.2) is 9.59 Å². The third-order valence-corrected chi connectivity index (χ3v) is 12.8. The van der Waals surface area contributed by atoms with Crippen molar-refractivity contribution in [3.8, 4) is 0 Å². The predicted octanol–water partition coefficient (Wildman–Crippen LogP) is 3.00. The Morgan fingerprint density at radius 1 is 0.932 bits per heavy atom. The molecule has 1 heterocycles. The molecule has 0 spiro atoms. The zero-order valence-electron chi connectivity index (χ0n) is 34.0. The monoisotopic (exact) mass is 817 g/mol. The molecule has 2 aromatic carbocycles. The van der Waals surface area contributed by atoms with Gasteiger partial charge in [0.1, 0.15) is 23.9 Å². The minimum Gasteiger partial charge on any atom is -0.456 e. The third kappa shape index (κ3) is 7.27. The normalized spacial score (nSPS) is 33.1.